The Balaban J connectivity index is 1.76. The Labute approximate surface area is 123 Å². The van der Waals surface area contributed by atoms with Gasteiger partial charge in [0, 0.05) is 31.4 Å². The molecule has 110 valence electrons. The standard InChI is InChI=1S/C16H18N2O3/c1-11-4-5-13(21-11)8-18-9-14(15(10-18)16(19)20)12-3-2-6-17-7-12/h2-7,14-15H,8-10H2,1H3,(H,19,20)/t14-,15+/m1/s1. The average Bonchev–Trinajstić information content (AvgIpc) is 3.07. The number of likely N-dealkylation sites (tertiary alicyclic amines) is 1. The van der Waals surface area contributed by atoms with E-state index in [-0.39, 0.29) is 5.92 Å². The molecule has 3 rings (SSSR count). The molecule has 1 N–H and O–H groups in total. The lowest BCUT2D eigenvalue weighted by Gasteiger charge is -2.14. The van der Waals surface area contributed by atoms with Crippen LogP contribution < -0.4 is 0 Å². The minimum absolute atomic E-state index is 0.0211. The summed E-state index contributed by atoms with van der Waals surface area (Å²) in [5, 5.41) is 9.46. The molecular formula is C16H18N2O3. The van der Waals surface area contributed by atoms with Gasteiger partial charge in [0.15, 0.2) is 0 Å². The maximum Gasteiger partial charge on any atom is 0.308 e. The van der Waals surface area contributed by atoms with Crippen molar-refractivity contribution in [2.24, 2.45) is 5.92 Å². The van der Waals surface area contributed by atoms with Crippen LogP contribution in [0.15, 0.2) is 41.1 Å². The number of aliphatic carboxylic acids is 1. The van der Waals surface area contributed by atoms with E-state index in [1.165, 1.54) is 0 Å². The van der Waals surface area contributed by atoms with Gasteiger partial charge in [-0.3, -0.25) is 14.7 Å². The van der Waals surface area contributed by atoms with E-state index in [4.69, 9.17) is 4.42 Å². The first-order chi connectivity index (χ1) is 10.1. The van der Waals surface area contributed by atoms with Crippen molar-refractivity contribution in [3.05, 3.63) is 53.7 Å². The third kappa shape index (κ3) is 2.97. The first-order valence-corrected chi connectivity index (χ1v) is 7.04. The highest BCUT2D eigenvalue weighted by Gasteiger charge is 2.38. The fourth-order valence-corrected chi connectivity index (χ4v) is 2.99. The second-order valence-corrected chi connectivity index (χ2v) is 5.54. The number of nitrogens with zero attached hydrogens (tertiary/aromatic N) is 2. The summed E-state index contributed by atoms with van der Waals surface area (Å²) in [6.45, 7) is 3.80. The molecule has 1 fully saturated rings. The normalized spacial score (nSPS) is 22.5. The van der Waals surface area contributed by atoms with Gasteiger partial charge >= 0.3 is 5.97 Å². The molecule has 2 atom stereocenters. The van der Waals surface area contributed by atoms with Gasteiger partial charge in [0.05, 0.1) is 12.5 Å². The van der Waals surface area contributed by atoms with Crippen molar-refractivity contribution in [2.45, 2.75) is 19.4 Å². The number of carboxylic acids is 1. The topological polar surface area (TPSA) is 66.6 Å². The highest BCUT2D eigenvalue weighted by molar-refractivity contribution is 5.72. The monoisotopic (exact) mass is 286 g/mol. The number of hydrogen-bond acceptors (Lipinski definition) is 4. The van der Waals surface area contributed by atoms with Crippen molar-refractivity contribution >= 4 is 5.97 Å². The van der Waals surface area contributed by atoms with E-state index in [0.29, 0.717) is 19.6 Å². The van der Waals surface area contributed by atoms with Gasteiger partial charge in [-0.25, -0.2) is 0 Å². The Morgan fingerprint density at radius 3 is 2.90 bits per heavy atom. The molecule has 21 heavy (non-hydrogen) atoms. The zero-order valence-corrected chi connectivity index (χ0v) is 11.9. The van der Waals surface area contributed by atoms with Crippen LogP contribution in [0.5, 0.6) is 0 Å². The van der Waals surface area contributed by atoms with Crippen LogP contribution in [0.1, 0.15) is 23.0 Å². The summed E-state index contributed by atoms with van der Waals surface area (Å²) in [6, 6.07) is 7.68. The van der Waals surface area contributed by atoms with Gasteiger partial charge in [-0.1, -0.05) is 6.07 Å². The number of carbonyl (C=O) groups is 1. The van der Waals surface area contributed by atoms with Gasteiger partial charge in [0.2, 0.25) is 0 Å². The Morgan fingerprint density at radius 2 is 2.29 bits per heavy atom. The SMILES string of the molecule is Cc1ccc(CN2C[C@H](C(=O)O)[C@@H](c3cccnc3)C2)o1. The van der Waals surface area contributed by atoms with E-state index in [2.05, 4.69) is 9.88 Å². The Morgan fingerprint density at radius 1 is 1.43 bits per heavy atom. The predicted molar refractivity (Wildman–Crippen MR) is 76.8 cm³/mol. The highest BCUT2D eigenvalue weighted by Crippen LogP contribution is 2.33. The Hall–Kier alpha value is -2.14. The molecule has 1 aliphatic heterocycles. The number of aryl methyl sites for hydroxylation is 1. The molecule has 0 aliphatic carbocycles. The summed E-state index contributed by atoms with van der Waals surface area (Å²) in [4.78, 5) is 17.8. The second kappa shape index (κ2) is 5.69. The lowest BCUT2D eigenvalue weighted by atomic mass is 9.90. The quantitative estimate of drug-likeness (QED) is 0.934. The van der Waals surface area contributed by atoms with Crippen molar-refractivity contribution in [1.29, 1.82) is 0 Å². The molecule has 0 radical (unpaired) electrons. The molecule has 1 aliphatic rings. The summed E-state index contributed by atoms with van der Waals surface area (Å²) in [5.74, 6) is 0.589. The summed E-state index contributed by atoms with van der Waals surface area (Å²) >= 11 is 0. The summed E-state index contributed by atoms with van der Waals surface area (Å²) in [6.07, 6.45) is 3.47. The van der Waals surface area contributed by atoms with E-state index in [9.17, 15) is 9.90 Å². The fraction of sp³-hybridized carbons (Fsp3) is 0.375. The van der Waals surface area contributed by atoms with Crippen LogP contribution in [0.25, 0.3) is 0 Å². The smallest absolute Gasteiger partial charge is 0.308 e. The number of pyridine rings is 1. The van der Waals surface area contributed by atoms with Crippen LogP contribution in [0.4, 0.5) is 0 Å². The molecule has 5 nitrogen and oxygen atoms in total. The van der Waals surface area contributed by atoms with Gasteiger partial charge in [-0.05, 0) is 30.7 Å². The summed E-state index contributed by atoms with van der Waals surface area (Å²) < 4.78 is 5.58. The van der Waals surface area contributed by atoms with Crippen LogP contribution in [-0.4, -0.2) is 34.0 Å². The first kappa shape index (κ1) is 13.8. The van der Waals surface area contributed by atoms with E-state index in [1.807, 2.05) is 31.2 Å². The van der Waals surface area contributed by atoms with Gasteiger partial charge in [-0.15, -0.1) is 0 Å². The molecule has 3 heterocycles. The van der Waals surface area contributed by atoms with Crippen molar-refractivity contribution < 1.29 is 14.3 Å². The lowest BCUT2D eigenvalue weighted by Crippen LogP contribution is -2.23. The highest BCUT2D eigenvalue weighted by atomic mass is 16.4. The van der Waals surface area contributed by atoms with Crippen LogP contribution in [-0.2, 0) is 11.3 Å². The molecule has 0 bridgehead atoms. The number of hydrogen-bond donors (Lipinski definition) is 1. The average molecular weight is 286 g/mol. The molecule has 0 aromatic carbocycles. The van der Waals surface area contributed by atoms with Crippen molar-refractivity contribution in [3.8, 4) is 0 Å². The number of rotatable bonds is 4. The molecule has 0 saturated carbocycles. The third-order valence-electron chi connectivity index (χ3n) is 4.00. The zero-order valence-electron chi connectivity index (χ0n) is 11.9. The molecule has 2 aromatic heterocycles. The summed E-state index contributed by atoms with van der Waals surface area (Å²) in [7, 11) is 0. The van der Waals surface area contributed by atoms with E-state index in [1.54, 1.807) is 12.4 Å². The second-order valence-electron chi connectivity index (χ2n) is 5.54. The van der Waals surface area contributed by atoms with E-state index in [0.717, 1.165) is 17.1 Å². The molecule has 0 unspecified atom stereocenters. The van der Waals surface area contributed by atoms with Crippen LogP contribution in [0.3, 0.4) is 0 Å². The first-order valence-electron chi connectivity index (χ1n) is 7.04. The maximum atomic E-state index is 11.5. The zero-order chi connectivity index (χ0) is 14.8. The fourth-order valence-electron chi connectivity index (χ4n) is 2.99. The van der Waals surface area contributed by atoms with Crippen molar-refractivity contribution in [2.75, 3.05) is 13.1 Å². The molecule has 5 heteroatoms. The predicted octanol–water partition coefficient (Wildman–Crippen LogP) is 2.28. The Kier molecular flexibility index (Phi) is 3.75. The molecule has 2 aromatic rings. The molecule has 1 saturated heterocycles. The van der Waals surface area contributed by atoms with Crippen molar-refractivity contribution in [3.63, 3.8) is 0 Å². The largest absolute Gasteiger partial charge is 0.481 e. The van der Waals surface area contributed by atoms with Gasteiger partial charge < -0.3 is 9.52 Å². The van der Waals surface area contributed by atoms with E-state index >= 15 is 0 Å². The lowest BCUT2D eigenvalue weighted by molar-refractivity contribution is -0.141. The van der Waals surface area contributed by atoms with Crippen molar-refractivity contribution in [1.82, 2.24) is 9.88 Å². The summed E-state index contributed by atoms with van der Waals surface area (Å²) in [5.41, 5.74) is 0.989. The maximum absolute atomic E-state index is 11.5. The van der Waals surface area contributed by atoms with Crippen LogP contribution in [0, 0.1) is 12.8 Å². The van der Waals surface area contributed by atoms with Gasteiger partial charge in [0.1, 0.15) is 11.5 Å². The minimum atomic E-state index is -0.748. The minimum Gasteiger partial charge on any atom is -0.481 e. The third-order valence-corrected chi connectivity index (χ3v) is 4.00. The van der Waals surface area contributed by atoms with Gasteiger partial charge in [-0.2, -0.15) is 0 Å². The molecule has 0 amide bonds. The van der Waals surface area contributed by atoms with E-state index < -0.39 is 11.9 Å². The van der Waals surface area contributed by atoms with Crippen LogP contribution in [0.2, 0.25) is 0 Å². The number of aromatic nitrogens is 1. The molecule has 0 spiro atoms. The molecular weight excluding hydrogens is 268 g/mol. The van der Waals surface area contributed by atoms with Gasteiger partial charge in [0.25, 0.3) is 0 Å². The Bertz CT molecular complexity index is 623. The number of furan rings is 1. The van der Waals surface area contributed by atoms with Crippen LogP contribution >= 0.6 is 0 Å². The number of carboxylic acid groups (broad SMARTS) is 1.